The van der Waals surface area contributed by atoms with E-state index in [4.69, 9.17) is 23.7 Å². The Labute approximate surface area is 144 Å². The summed E-state index contributed by atoms with van der Waals surface area (Å²) in [5.41, 5.74) is 0.294. The summed E-state index contributed by atoms with van der Waals surface area (Å²) < 4.78 is 39.5. The highest BCUT2D eigenvalue weighted by molar-refractivity contribution is 5.91. The Morgan fingerprint density at radius 3 is 2.64 bits per heavy atom. The standard InChI is InChI=1S/C18H17FO6/c1-21-15-10-12(11-16-17(15)24-8-7-23-16)18(20)25-9-6-22-14-4-2-13(19)3-5-14/h2-5,10-11H,6-9H2,1H3. The zero-order chi connectivity index (χ0) is 17.6. The van der Waals surface area contributed by atoms with Crippen LogP contribution in [0.1, 0.15) is 10.4 Å². The number of hydrogen-bond acceptors (Lipinski definition) is 6. The molecule has 0 aliphatic carbocycles. The third-order valence-electron chi connectivity index (χ3n) is 3.46. The zero-order valence-corrected chi connectivity index (χ0v) is 13.6. The summed E-state index contributed by atoms with van der Waals surface area (Å²) in [5, 5.41) is 0. The zero-order valence-electron chi connectivity index (χ0n) is 13.6. The maximum atomic E-state index is 12.8. The third kappa shape index (κ3) is 4.12. The number of methoxy groups -OCH3 is 1. The molecule has 0 aromatic heterocycles. The Kier molecular flexibility index (Phi) is 5.23. The molecule has 1 aliphatic rings. The fraction of sp³-hybridized carbons (Fsp3) is 0.278. The van der Waals surface area contributed by atoms with Crippen LogP contribution in [0.25, 0.3) is 0 Å². The van der Waals surface area contributed by atoms with Crippen molar-refractivity contribution in [3.63, 3.8) is 0 Å². The van der Waals surface area contributed by atoms with Gasteiger partial charge in [-0.2, -0.15) is 0 Å². The maximum absolute atomic E-state index is 12.8. The van der Waals surface area contributed by atoms with Crippen LogP contribution in [0, 0.1) is 5.82 Å². The molecule has 0 spiro atoms. The molecule has 0 radical (unpaired) electrons. The first-order valence-corrected chi connectivity index (χ1v) is 7.70. The molecule has 25 heavy (non-hydrogen) atoms. The second-order valence-electron chi connectivity index (χ2n) is 5.14. The third-order valence-corrected chi connectivity index (χ3v) is 3.46. The van der Waals surface area contributed by atoms with E-state index in [1.807, 2.05) is 0 Å². The Balaban J connectivity index is 1.57. The molecule has 0 saturated heterocycles. The molecule has 3 rings (SSSR count). The molecule has 0 amide bonds. The molecule has 0 bridgehead atoms. The van der Waals surface area contributed by atoms with Gasteiger partial charge in [-0.3, -0.25) is 0 Å². The molecule has 2 aromatic carbocycles. The van der Waals surface area contributed by atoms with Crippen molar-refractivity contribution in [1.29, 1.82) is 0 Å². The summed E-state index contributed by atoms with van der Waals surface area (Å²) in [6.45, 7) is 1.03. The Morgan fingerprint density at radius 1 is 1.12 bits per heavy atom. The first-order chi connectivity index (χ1) is 12.2. The van der Waals surface area contributed by atoms with E-state index in [2.05, 4.69) is 0 Å². The number of ether oxygens (including phenoxy) is 5. The van der Waals surface area contributed by atoms with Crippen molar-refractivity contribution in [2.45, 2.75) is 0 Å². The molecule has 0 N–H and O–H groups in total. The summed E-state index contributed by atoms with van der Waals surface area (Å²) in [6, 6.07) is 8.69. The smallest absolute Gasteiger partial charge is 0.338 e. The van der Waals surface area contributed by atoms with E-state index in [0.29, 0.717) is 41.8 Å². The van der Waals surface area contributed by atoms with Crippen molar-refractivity contribution in [3.05, 3.63) is 47.8 Å². The van der Waals surface area contributed by atoms with E-state index >= 15 is 0 Å². The van der Waals surface area contributed by atoms with E-state index in [-0.39, 0.29) is 19.0 Å². The van der Waals surface area contributed by atoms with E-state index in [1.54, 1.807) is 6.07 Å². The van der Waals surface area contributed by atoms with Gasteiger partial charge >= 0.3 is 5.97 Å². The number of esters is 1. The molecule has 1 heterocycles. The number of rotatable bonds is 6. The molecule has 0 unspecified atom stereocenters. The lowest BCUT2D eigenvalue weighted by molar-refractivity contribution is 0.0449. The average Bonchev–Trinajstić information content (AvgIpc) is 2.65. The first kappa shape index (κ1) is 16.9. The van der Waals surface area contributed by atoms with Crippen LogP contribution in [0.2, 0.25) is 0 Å². The average molecular weight is 348 g/mol. The number of benzene rings is 2. The van der Waals surface area contributed by atoms with Crippen molar-refractivity contribution in [1.82, 2.24) is 0 Å². The van der Waals surface area contributed by atoms with Crippen LogP contribution in [0.5, 0.6) is 23.0 Å². The van der Waals surface area contributed by atoms with Crippen LogP contribution in [0.4, 0.5) is 4.39 Å². The van der Waals surface area contributed by atoms with Gasteiger partial charge < -0.3 is 23.7 Å². The topological polar surface area (TPSA) is 63.2 Å². The number of carbonyl (C=O) groups is 1. The maximum Gasteiger partial charge on any atom is 0.338 e. The molecule has 1 aliphatic heterocycles. The summed E-state index contributed by atoms with van der Waals surface area (Å²) >= 11 is 0. The van der Waals surface area contributed by atoms with E-state index in [9.17, 15) is 9.18 Å². The Hall–Kier alpha value is -2.96. The Bertz CT molecular complexity index is 727. The van der Waals surface area contributed by atoms with Crippen LogP contribution in [-0.2, 0) is 4.74 Å². The van der Waals surface area contributed by atoms with E-state index in [1.165, 1.54) is 37.4 Å². The van der Waals surface area contributed by atoms with Crippen LogP contribution in [0.3, 0.4) is 0 Å². The fourth-order valence-corrected chi connectivity index (χ4v) is 2.30. The van der Waals surface area contributed by atoms with Gasteiger partial charge in [0, 0.05) is 0 Å². The van der Waals surface area contributed by atoms with Crippen molar-refractivity contribution >= 4 is 5.97 Å². The number of carbonyl (C=O) groups excluding carboxylic acids is 1. The van der Waals surface area contributed by atoms with Crippen molar-refractivity contribution in [2.24, 2.45) is 0 Å². The number of hydrogen-bond donors (Lipinski definition) is 0. The lowest BCUT2D eigenvalue weighted by Gasteiger charge is -2.21. The molecule has 0 atom stereocenters. The molecular weight excluding hydrogens is 331 g/mol. The summed E-state index contributed by atoms with van der Waals surface area (Å²) in [4.78, 5) is 12.2. The largest absolute Gasteiger partial charge is 0.493 e. The van der Waals surface area contributed by atoms with Gasteiger partial charge in [0.2, 0.25) is 5.75 Å². The van der Waals surface area contributed by atoms with Crippen LogP contribution >= 0.6 is 0 Å². The van der Waals surface area contributed by atoms with Crippen LogP contribution < -0.4 is 18.9 Å². The van der Waals surface area contributed by atoms with Gasteiger partial charge in [-0.25, -0.2) is 9.18 Å². The predicted molar refractivity (Wildman–Crippen MR) is 86.2 cm³/mol. The molecular formula is C18H17FO6. The lowest BCUT2D eigenvalue weighted by atomic mass is 10.1. The van der Waals surface area contributed by atoms with Gasteiger partial charge in [0.1, 0.15) is 38.0 Å². The lowest BCUT2D eigenvalue weighted by Crippen LogP contribution is -2.17. The van der Waals surface area contributed by atoms with Crippen LogP contribution in [0.15, 0.2) is 36.4 Å². The SMILES string of the molecule is COc1cc(C(=O)OCCOc2ccc(F)cc2)cc2c1OCCO2. The van der Waals surface area contributed by atoms with Gasteiger partial charge in [-0.05, 0) is 36.4 Å². The van der Waals surface area contributed by atoms with E-state index in [0.717, 1.165) is 0 Å². The molecule has 0 saturated carbocycles. The van der Waals surface area contributed by atoms with Crippen molar-refractivity contribution in [2.75, 3.05) is 33.5 Å². The van der Waals surface area contributed by atoms with Gasteiger partial charge in [-0.15, -0.1) is 0 Å². The monoisotopic (exact) mass is 348 g/mol. The normalized spacial score (nSPS) is 12.4. The number of fused-ring (bicyclic) bond motifs is 1. The predicted octanol–water partition coefficient (Wildman–Crippen LogP) is 2.84. The van der Waals surface area contributed by atoms with Gasteiger partial charge in [0.25, 0.3) is 0 Å². The summed E-state index contributed by atoms with van der Waals surface area (Å²) in [5.74, 6) is 0.958. The highest BCUT2D eigenvalue weighted by atomic mass is 19.1. The second-order valence-corrected chi connectivity index (χ2v) is 5.14. The van der Waals surface area contributed by atoms with Gasteiger partial charge in [0.15, 0.2) is 11.5 Å². The highest BCUT2D eigenvalue weighted by Crippen LogP contribution is 2.40. The molecule has 2 aromatic rings. The second kappa shape index (κ2) is 7.74. The minimum Gasteiger partial charge on any atom is -0.493 e. The molecule has 132 valence electrons. The summed E-state index contributed by atoms with van der Waals surface area (Å²) in [6.07, 6.45) is 0. The van der Waals surface area contributed by atoms with Crippen molar-refractivity contribution in [3.8, 4) is 23.0 Å². The minimum absolute atomic E-state index is 0.0486. The quantitative estimate of drug-likeness (QED) is 0.591. The minimum atomic E-state index is -0.530. The molecule has 7 heteroatoms. The molecule has 0 fully saturated rings. The fourth-order valence-electron chi connectivity index (χ4n) is 2.30. The van der Waals surface area contributed by atoms with Gasteiger partial charge in [-0.1, -0.05) is 0 Å². The van der Waals surface area contributed by atoms with E-state index < -0.39 is 5.97 Å². The number of halogens is 1. The highest BCUT2D eigenvalue weighted by Gasteiger charge is 2.21. The molecule has 6 nitrogen and oxygen atoms in total. The Morgan fingerprint density at radius 2 is 1.88 bits per heavy atom. The van der Waals surface area contributed by atoms with Gasteiger partial charge in [0.05, 0.1) is 12.7 Å². The first-order valence-electron chi connectivity index (χ1n) is 7.70. The summed E-state index contributed by atoms with van der Waals surface area (Å²) in [7, 11) is 1.49. The van der Waals surface area contributed by atoms with Crippen LogP contribution in [-0.4, -0.2) is 39.5 Å². The van der Waals surface area contributed by atoms with Crippen molar-refractivity contribution < 1.29 is 32.9 Å².